The third-order valence-corrected chi connectivity index (χ3v) is 5.59. The van der Waals surface area contributed by atoms with Crippen molar-refractivity contribution in [3.05, 3.63) is 22.4 Å². The van der Waals surface area contributed by atoms with Crippen LogP contribution in [0.3, 0.4) is 0 Å². The first-order chi connectivity index (χ1) is 9.90. The normalized spacial score (nSPS) is 34.3. The van der Waals surface area contributed by atoms with Crippen molar-refractivity contribution in [1.29, 1.82) is 0 Å². The molecule has 2 saturated carbocycles. The van der Waals surface area contributed by atoms with E-state index in [9.17, 15) is 0 Å². The first-order valence-corrected chi connectivity index (χ1v) is 8.83. The van der Waals surface area contributed by atoms with Crippen molar-refractivity contribution in [2.45, 2.75) is 50.5 Å². The number of thiophene rings is 1. The highest BCUT2D eigenvalue weighted by molar-refractivity contribution is 7.07. The van der Waals surface area contributed by atoms with Gasteiger partial charge in [-0.05, 0) is 54.0 Å². The fourth-order valence-corrected chi connectivity index (χ4v) is 4.19. The van der Waals surface area contributed by atoms with Gasteiger partial charge in [-0.15, -0.1) is 0 Å². The molecule has 0 radical (unpaired) electrons. The van der Waals surface area contributed by atoms with Crippen LogP contribution in [0.25, 0.3) is 0 Å². The van der Waals surface area contributed by atoms with Crippen molar-refractivity contribution in [3.63, 3.8) is 0 Å². The maximum Gasteiger partial charge on any atom is 0.0991 e. The van der Waals surface area contributed by atoms with E-state index >= 15 is 0 Å². The average Bonchev–Trinajstić information content (AvgIpc) is 3.00. The minimum Gasteiger partial charge on any atom is -0.374 e. The van der Waals surface area contributed by atoms with E-state index in [4.69, 9.17) is 9.47 Å². The Morgan fingerprint density at radius 1 is 1.30 bits per heavy atom. The summed E-state index contributed by atoms with van der Waals surface area (Å²) in [6, 6.07) is 2.80. The monoisotopic (exact) mass is 293 g/mol. The lowest BCUT2D eigenvalue weighted by Crippen LogP contribution is -2.43. The Morgan fingerprint density at radius 3 is 3.05 bits per heavy atom. The third-order valence-electron chi connectivity index (χ3n) is 4.86. The van der Waals surface area contributed by atoms with Gasteiger partial charge in [0.1, 0.15) is 0 Å². The molecule has 0 amide bonds. The highest BCUT2D eigenvalue weighted by Gasteiger charge is 2.43. The minimum absolute atomic E-state index is 0.303. The largest absolute Gasteiger partial charge is 0.374 e. The Labute approximate surface area is 124 Å². The zero-order chi connectivity index (χ0) is 13.4. The van der Waals surface area contributed by atoms with Crippen molar-refractivity contribution >= 4 is 11.3 Å². The van der Waals surface area contributed by atoms with Crippen LogP contribution in [0.1, 0.15) is 31.2 Å². The maximum absolute atomic E-state index is 6.26. The van der Waals surface area contributed by atoms with Crippen LogP contribution < -0.4 is 0 Å². The summed E-state index contributed by atoms with van der Waals surface area (Å²) < 4.78 is 12.3. The van der Waals surface area contributed by atoms with Gasteiger partial charge in [-0.3, -0.25) is 4.90 Å². The van der Waals surface area contributed by atoms with Gasteiger partial charge in [0.15, 0.2) is 0 Å². The molecule has 0 aromatic carbocycles. The standard InChI is InChI=1S/C16H23NO2S/c1-2-12(1)10-19-16-14-3-4-15(16)18-7-6-17(14)9-13-5-8-20-11-13/h5,8,11-12,14-16H,1-4,6-7,9-10H2/t14-,15-,16+/m0/s1. The topological polar surface area (TPSA) is 21.7 Å². The Hall–Kier alpha value is -0.420. The molecular weight excluding hydrogens is 270 g/mol. The molecule has 4 rings (SSSR count). The van der Waals surface area contributed by atoms with E-state index < -0.39 is 0 Å². The van der Waals surface area contributed by atoms with Crippen LogP contribution in [0.5, 0.6) is 0 Å². The SMILES string of the molecule is c1cc(CN2CCO[C@H]3CC[C@H]2[C@H]3OCC2CC2)cs1. The second-order valence-corrected chi connectivity index (χ2v) is 7.18. The lowest BCUT2D eigenvalue weighted by molar-refractivity contribution is -0.0572. The number of fused-ring (bicyclic) bond motifs is 2. The van der Waals surface area contributed by atoms with E-state index in [-0.39, 0.29) is 0 Å². The molecule has 4 heteroatoms. The van der Waals surface area contributed by atoms with Gasteiger partial charge in [-0.25, -0.2) is 0 Å². The summed E-state index contributed by atoms with van der Waals surface area (Å²) in [4.78, 5) is 2.59. The summed E-state index contributed by atoms with van der Waals surface area (Å²) >= 11 is 1.79. The average molecular weight is 293 g/mol. The molecule has 3 atom stereocenters. The van der Waals surface area contributed by atoms with E-state index in [1.807, 2.05) is 0 Å². The van der Waals surface area contributed by atoms with Crippen LogP contribution >= 0.6 is 11.3 Å². The summed E-state index contributed by atoms with van der Waals surface area (Å²) in [6.45, 7) is 3.90. The number of hydrogen-bond donors (Lipinski definition) is 0. The number of ether oxygens (including phenoxy) is 2. The second-order valence-electron chi connectivity index (χ2n) is 6.40. The van der Waals surface area contributed by atoms with Crippen molar-refractivity contribution in [3.8, 4) is 0 Å². The molecule has 2 heterocycles. The summed E-state index contributed by atoms with van der Waals surface area (Å²) in [5.74, 6) is 0.836. The lowest BCUT2D eigenvalue weighted by atomic mass is 10.1. The van der Waals surface area contributed by atoms with Gasteiger partial charge in [0.2, 0.25) is 0 Å². The Balaban J connectivity index is 1.44. The highest BCUT2D eigenvalue weighted by atomic mass is 32.1. The van der Waals surface area contributed by atoms with Crippen LogP contribution in [0.4, 0.5) is 0 Å². The van der Waals surface area contributed by atoms with E-state index in [0.29, 0.717) is 18.2 Å². The van der Waals surface area contributed by atoms with E-state index in [2.05, 4.69) is 21.7 Å². The van der Waals surface area contributed by atoms with Crippen molar-refractivity contribution < 1.29 is 9.47 Å². The van der Waals surface area contributed by atoms with Crippen LogP contribution in [-0.2, 0) is 16.0 Å². The molecule has 20 heavy (non-hydrogen) atoms. The van der Waals surface area contributed by atoms with Crippen molar-refractivity contribution in [2.24, 2.45) is 5.92 Å². The van der Waals surface area contributed by atoms with E-state index in [0.717, 1.165) is 32.2 Å². The maximum atomic E-state index is 6.26. The van der Waals surface area contributed by atoms with Crippen LogP contribution in [0, 0.1) is 5.92 Å². The molecule has 1 saturated heterocycles. The molecule has 0 spiro atoms. The second kappa shape index (κ2) is 5.76. The molecule has 3 nitrogen and oxygen atoms in total. The molecule has 0 N–H and O–H groups in total. The fourth-order valence-electron chi connectivity index (χ4n) is 3.53. The molecule has 1 aromatic rings. The molecular formula is C16H23NO2S. The predicted octanol–water partition coefficient (Wildman–Crippen LogP) is 2.91. The number of rotatable bonds is 5. The van der Waals surface area contributed by atoms with Gasteiger partial charge < -0.3 is 9.47 Å². The minimum atomic E-state index is 0.303. The summed E-state index contributed by atoms with van der Waals surface area (Å²) in [6.07, 6.45) is 5.76. The smallest absolute Gasteiger partial charge is 0.0991 e. The summed E-state index contributed by atoms with van der Waals surface area (Å²) in [5, 5.41) is 4.43. The Morgan fingerprint density at radius 2 is 2.25 bits per heavy atom. The molecule has 110 valence electrons. The number of nitrogens with zero attached hydrogens (tertiary/aromatic N) is 1. The zero-order valence-electron chi connectivity index (χ0n) is 11.9. The first kappa shape index (κ1) is 13.3. The Bertz CT molecular complexity index is 432. The third kappa shape index (κ3) is 2.80. The van der Waals surface area contributed by atoms with Gasteiger partial charge in [0.05, 0.1) is 18.8 Å². The molecule has 2 aliphatic carbocycles. The highest BCUT2D eigenvalue weighted by Crippen LogP contribution is 2.35. The summed E-state index contributed by atoms with van der Waals surface area (Å²) in [7, 11) is 0. The molecule has 1 aromatic heterocycles. The first-order valence-electron chi connectivity index (χ1n) is 7.88. The van der Waals surface area contributed by atoms with Gasteiger partial charge in [-0.1, -0.05) is 0 Å². The van der Waals surface area contributed by atoms with Gasteiger partial charge in [-0.2, -0.15) is 11.3 Å². The van der Waals surface area contributed by atoms with Gasteiger partial charge in [0.25, 0.3) is 0 Å². The van der Waals surface area contributed by atoms with Crippen molar-refractivity contribution in [1.82, 2.24) is 4.90 Å². The zero-order valence-corrected chi connectivity index (χ0v) is 12.7. The number of hydrogen-bond acceptors (Lipinski definition) is 4. The lowest BCUT2D eigenvalue weighted by Gasteiger charge is -2.31. The fraction of sp³-hybridized carbons (Fsp3) is 0.750. The quantitative estimate of drug-likeness (QED) is 0.833. The van der Waals surface area contributed by atoms with Crippen LogP contribution in [0.15, 0.2) is 16.8 Å². The molecule has 0 unspecified atom stereocenters. The van der Waals surface area contributed by atoms with Crippen LogP contribution in [0.2, 0.25) is 0 Å². The molecule has 2 bridgehead atoms. The predicted molar refractivity (Wildman–Crippen MR) is 80.0 cm³/mol. The van der Waals surface area contributed by atoms with Crippen molar-refractivity contribution in [2.75, 3.05) is 19.8 Å². The van der Waals surface area contributed by atoms with E-state index in [1.54, 1.807) is 11.3 Å². The van der Waals surface area contributed by atoms with Crippen LogP contribution in [-0.4, -0.2) is 42.9 Å². The van der Waals surface area contributed by atoms with Gasteiger partial charge >= 0.3 is 0 Å². The van der Waals surface area contributed by atoms with Gasteiger partial charge in [0, 0.05) is 25.7 Å². The molecule has 1 aliphatic heterocycles. The summed E-state index contributed by atoms with van der Waals surface area (Å²) in [5.41, 5.74) is 1.43. The molecule has 3 aliphatic rings. The molecule has 3 fully saturated rings. The Kier molecular flexibility index (Phi) is 3.82. The van der Waals surface area contributed by atoms with E-state index in [1.165, 1.54) is 31.2 Å².